The van der Waals surface area contributed by atoms with Gasteiger partial charge in [0.2, 0.25) is 11.8 Å². The summed E-state index contributed by atoms with van der Waals surface area (Å²) in [5.74, 6) is -1.01. The van der Waals surface area contributed by atoms with Crippen molar-refractivity contribution >= 4 is 58.2 Å². The van der Waals surface area contributed by atoms with Gasteiger partial charge in [-0.1, -0.05) is 23.2 Å². The van der Waals surface area contributed by atoms with E-state index in [1.807, 2.05) is 0 Å². The molecule has 1 aliphatic heterocycles. The second-order valence-corrected chi connectivity index (χ2v) is 7.77. The third-order valence-corrected chi connectivity index (χ3v) is 5.54. The van der Waals surface area contributed by atoms with Crippen LogP contribution in [0.5, 0.6) is 0 Å². The quantitative estimate of drug-likeness (QED) is 0.674. The molecule has 2 N–H and O–H groups in total. The van der Waals surface area contributed by atoms with Crippen LogP contribution in [0.3, 0.4) is 0 Å². The van der Waals surface area contributed by atoms with Gasteiger partial charge in [0.05, 0.1) is 27.2 Å². The van der Waals surface area contributed by atoms with Crippen LogP contribution in [0.4, 0.5) is 24.5 Å². The molecule has 2 aromatic rings. The molecule has 1 heterocycles. The van der Waals surface area contributed by atoms with Gasteiger partial charge in [-0.2, -0.15) is 13.2 Å². The number of carbonyl (C=O) groups is 2. The molecule has 27 heavy (non-hydrogen) atoms. The summed E-state index contributed by atoms with van der Waals surface area (Å²) in [5, 5.41) is 4.89. The lowest BCUT2D eigenvalue weighted by Crippen LogP contribution is -2.32. The summed E-state index contributed by atoms with van der Waals surface area (Å²) in [7, 11) is 0. The highest BCUT2D eigenvalue weighted by Gasteiger charge is 2.34. The van der Waals surface area contributed by atoms with Gasteiger partial charge in [-0.05, 0) is 36.4 Å². The summed E-state index contributed by atoms with van der Waals surface area (Å²) in [6, 6.07) is 7.66. The van der Waals surface area contributed by atoms with E-state index in [1.165, 1.54) is 18.2 Å². The molecule has 0 saturated heterocycles. The average Bonchev–Trinajstić information content (AvgIpc) is 2.57. The Morgan fingerprint density at radius 2 is 1.93 bits per heavy atom. The summed E-state index contributed by atoms with van der Waals surface area (Å²) in [5.41, 5.74) is -0.464. The van der Waals surface area contributed by atoms with Crippen LogP contribution in [0.15, 0.2) is 41.3 Å². The predicted molar refractivity (Wildman–Crippen MR) is 99.4 cm³/mol. The van der Waals surface area contributed by atoms with Gasteiger partial charge in [-0.15, -0.1) is 11.8 Å². The van der Waals surface area contributed by atoms with Gasteiger partial charge < -0.3 is 10.6 Å². The fraction of sp³-hybridized carbons (Fsp3) is 0.176. The molecule has 2 aromatic carbocycles. The highest BCUT2D eigenvalue weighted by atomic mass is 35.5. The molecule has 0 radical (unpaired) electrons. The van der Waals surface area contributed by atoms with Gasteiger partial charge in [-0.25, -0.2) is 0 Å². The Bertz CT molecular complexity index is 922. The smallest absolute Gasteiger partial charge is 0.325 e. The van der Waals surface area contributed by atoms with Crippen LogP contribution < -0.4 is 10.6 Å². The Labute approximate surface area is 166 Å². The summed E-state index contributed by atoms with van der Waals surface area (Å²) in [6.07, 6.45) is -4.68. The average molecular weight is 435 g/mol. The summed E-state index contributed by atoms with van der Waals surface area (Å²) in [4.78, 5) is 24.9. The summed E-state index contributed by atoms with van der Waals surface area (Å²) < 4.78 is 38.3. The van der Waals surface area contributed by atoms with Crippen LogP contribution in [0.1, 0.15) is 12.0 Å². The second-order valence-electron chi connectivity index (χ2n) is 5.68. The molecule has 0 aliphatic carbocycles. The van der Waals surface area contributed by atoms with E-state index in [9.17, 15) is 22.8 Å². The number of carbonyl (C=O) groups excluding carboxylic acids is 2. The maximum Gasteiger partial charge on any atom is 0.416 e. The molecule has 1 atom stereocenters. The number of benzene rings is 2. The molecule has 0 saturated carbocycles. The zero-order valence-corrected chi connectivity index (χ0v) is 15.7. The van der Waals surface area contributed by atoms with Gasteiger partial charge in [0.1, 0.15) is 0 Å². The number of amides is 2. The Morgan fingerprint density at radius 1 is 1.19 bits per heavy atom. The van der Waals surface area contributed by atoms with Crippen LogP contribution >= 0.6 is 35.0 Å². The maximum atomic E-state index is 12.8. The van der Waals surface area contributed by atoms with Crippen molar-refractivity contribution in [2.45, 2.75) is 22.7 Å². The third kappa shape index (κ3) is 4.69. The number of thioether (sulfide) groups is 1. The number of hydrogen-bond donors (Lipinski definition) is 2. The number of anilines is 2. The van der Waals surface area contributed by atoms with Gasteiger partial charge in [0, 0.05) is 16.3 Å². The van der Waals surface area contributed by atoms with Gasteiger partial charge in [-0.3, -0.25) is 9.59 Å². The molecule has 3 rings (SSSR count). The zero-order chi connectivity index (χ0) is 19.8. The normalized spacial score (nSPS) is 16.5. The highest BCUT2D eigenvalue weighted by molar-refractivity contribution is 8.01. The van der Waals surface area contributed by atoms with Crippen molar-refractivity contribution in [1.29, 1.82) is 0 Å². The van der Waals surface area contributed by atoms with Crippen molar-refractivity contribution in [3.63, 3.8) is 0 Å². The molecule has 10 heteroatoms. The number of halogens is 5. The van der Waals surface area contributed by atoms with E-state index in [0.717, 1.165) is 23.9 Å². The minimum atomic E-state index is -4.50. The SMILES string of the molecule is O=C(C[C@@H]1Sc2ccc(C(F)(F)F)cc2NC1=O)Nc1cc(Cl)ccc1Cl. The molecule has 0 fully saturated rings. The number of alkyl halides is 3. The first kappa shape index (κ1) is 19.9. The van der Waals surface area contributed by atoms with E-state index in [4.69, 9.17) is 23.2 Å². The second kappa shape index (κ2) is 7.61. The molecule has 0 spiro atoms. The van der Waals surface area contributed by atoms with E-state index >= 15 is 0 Å². The fourth-order valence-electron chi connectivity index (χ4n) is 2.42. The van der Waals surface area contributed by atoms with Gasteiger partial charge in [0.25, 0.3) is 0 Å². The Morgan fingerprint density at radius 3 is 2.63 bits per heavy atom. The van der Waals surface area contributed by atoms with E-state index in [1.54, 1.807) is 6.07 Å². The largest absolute Gasteiger partial charge is 0.416 e. The molecular weight excluding hydrogens is 424 g/mol. The molecule has 4 nitrogen and oxygen atoms in total. The predicted octanol–water partition coefficient (Wildman–Crippen LogP) is 5.45. The van der Waals surface area contributed by atoms with Crippen molar-refractivity contribution in [2.24, 2.45) is 0 Å². The molecule has 0 aromatic heterocycles. The van der Waals surface area contributed by atoms with Crippen LogP contribution in [0.25, 0.3) is 0 Å². The van der Waals surface area contributed by atoms with Crippen molar-refractivity contribution in [3.8, 4) is 0 Å². The lowest BCUT2D eigenvalue weighted by Gasteiger charge is -2.24. The van der Waals surface area contributed by atoms with Gasteiger partial charge in [0.15, 0.2) is 0 Å². The lowest BCUT2D eigenvalue weighted by atomic mass is 10.1. The van der Waals surface area contributed by atoms with Crippen LogP contribution in [-0.2, 0) is 15.8 Å². The number of rotatable bonds is 3. The molecule has 2 amide bonds. The fourth-order valence-corrected chi connectivity index (χ4v) is 3.85. The van der Waals surface area contributed by atoms with Crippen LogP contribution in [-0.4, -0.2) is 17.1 Å². The number of fused-ring (bicyclic) bond motifs is 1. The van der Waals surface area contributed by atoms with Crippen molar-refractivity contribution < 1.29 is 22.8 Å². The van der Waals surface area contributed by atoms with E-state index in [2.05, 4.69) is 10.6 Å². The minimum Gasteiger partial charge on any atom is -0.325 e. The third-order valence-electron chi connectivity index (χ3n) is 3.70. The Balaban J connectivity index is 1.71. The van der Waals surface area contributed by atoms with E-state index < -0.39 is 28.8 Å². The van der Waals surface area contributed by atoms with Crippen molar-refractivity contribution in [2.75, 3.05) is 10.6 Å². The van der Waals surface area contributed by atoms with E-state index in [-0.39, 0.29) is 12.1 Å². The van der Waals surface area contributed by atoms with Crippen molar-refractivity contribution in [3.05, 3.63) is 52.0 Å². The molecule has 0 unspecified atom stereocenters. The minimum absolute atomic E-state index is 0.0781. The first-order valence-electron chi connectivity index (χ1n) is 7.57. The first-order chi connectivity index (χ1) is 12.6. The number of hydrogen-bond acceptors (Lipinski definition) is 3. The molecule has 0 bridgehead atoms. The first-order valence-corrected chi connectivity index (χ1v) is 9.21. The Hall–Kier alpha value is -1.90. The molecular formula is C17H11Cl2F3N2O2S. The maximum absolute atomic E-state index is 12.8. The van der Waals surface area contributed by atoms with Crippen LogP contribution in [0, 0.1) is 0 Å². The zero-order valence-electron chi connectivity index (χ0n) is 13.4. The summed E-state index contributed by atoms with van der Waals surface area (Å²) in [6.45, 7) is 0. The highest BCUT2D eigenvalue weighted by Crippen LogP contribution is 2.40. The Kier molecular flexibility index (Phi) is 5.60. The standard InChI is InChI=1S/C17H11Cl2F3N2O2S/c18-9-2-3-10(19)11(6-9)23-15(25)7-14-16(26)24-12-5-8(17(20,21)22)1-4-13(12)27-14/h1-6,14H,7H2,(H,23,25)(H,24,26)/t14-/m0/s1. The molecule has 1 aliphatic rings. The van der Waals surface area contributed by atoms with Crippen LogP contribution in [0.2, 0.25) is 10.0 Å². The van der Waals surface area contributed by atoms with Crippen molar-refractivity contribution in [1.82, 2.24) is 0 Å². The summed E-state index contributed by atoms with van der Waals surface area (Å²) >= 11 is 12.9. The van der Waals surface area contributed by atoms with Gasteiger partial charge >= 0.3 is 6.18 Å². The topological polar surface area (TPSA) is 58.2 Å². The van der Waals surface area contributed by atoms with E-state index in [0.29, 0.717) is 20.6 Å². The molecule has 142 valence electrons. The monoisotopic (exact) mass is 434 g/mol. The number of nitrogens with one attached hydrogen (secondary N) is 2. The lowest BCUT2D eigenvalue weighted by molar-refractivity contribution is -0.137.